The van der Waals surface area contributed by atoms with Gasteiger partial charge in [0.15, 0.2) is 11.6 Å². The Balaban J connectivity index is 2.26. The lowest BCUT2D eigenvalue weighted by atomic mass is 9.72. The predicted octanol–water partition coefficient (Wildman–Crippen LogP) is 3.59. The van der Waals surface area contributed by atoms with E-state index in [1.165, 1.54) is 13.5 Å². The monoisotopic (exact) mass is 251 g/mol. The van der Waals surface area contributed by atoms with Crippen LogP contribution in [0.15, 0.2) is 18.2 Å². The van der Waals surface area contributed by atoms with Crippen molar-refractivity contribution in [2.75, 3.05) is 7.11 Å². The average Bonchev–Trinajstić information content (AvgIpc) is 2.40. The molecular formula is C15H22FNO. The van der Waals surface area contributed by atoms with Crippen molar-refractivity contribution in [3.05, 3.63) is 29.6 Å². The average molecular weight is 251 g/mol. The number of hydrogen-bond donors (Lipinski definition) is 1. The highest BCUT2D eigenvalue weighted by molar-refractivity contribution is 5.35. The van der Waals surface area contributed by atoms with Gasteiger partial charge in [0.25, 0.3) is 0 Å². The maximum atomic E-state index is 14.3. The van der Waals surface area contributed by atoms with E-state index in [-0.39, 0.29) is 11.6 Å². The van der Waals surface area contributed by atoms with Crippen molar-refractivity contribution in [1.82, 2.24) is 0 Å². The Morgan fingerprint density at radius 2 is 2.06 bits per heavy atom. The molecule has 1 fully saturated rings. The first-order valence-electron chi connectivity index (χ1n) is 6.72. The molecule has 0 atom stereocenters. The summed E-state index contributed by atoms with van der Waals surface area (Å²) in [5.41, 5.74) is 6.51. The largest absolute Gasteiger partial charge is 0.494 e. The standard InChI is InChI=1S/C15H22FNO/c1-3-11-7-9-15(17,10-8-11)12-5-4-6-13(18-2)14(12)16/h4-6,11H,3,7-10,17H2,1-2H3. The number of rotatable bonds is 3. The number of hydrogen-bond acceptors (Lipinski definition) is 2. The Morgan fingerprint density at radius 1 is 1.39 bits per heavy atom. The van der Waals surface area contributed by atoms with Gasteiger partial charge in [-0.1, -0.05) is 25.5 Å². The van der Waals surface area contributed by atoms with E-state index in [1.807, 2.05) is 6.07 Å². The summed E-state index contributed by atoms with van der Waals surface area (Å²) in [6, 6.07) is 5.25. The summed E-state index contributed by atoms with van der Waals surface area (Å²) in [5.74, 6) is 0.739. The van der Waals surface area contributed by atoms with Gasteiger partial charge in [-0.2, -0.15) is 0 Å². The van der Waals surface area contributed by atoms with Crippen molar-refractivity contribution >= 4 is 0 Å². The Hall–Kier alpha value is -1.09. The Kier molecular flexibility index (Phi) is 3.91. The number of ether oxygens (including phenoxy) is 1. The molecule has 0 bridgehead atoms. The molecule has 0 saturated heterocycles. The molecule has 1 aliphatic rings. The normalized spacial score (nSPS) is 28.1. The summed E-state index contributed by atoms with van der Waals surface area (Å²) in [6.07, 6.45) is 5.08. The van der Waals surface area contributed by atoms with E-state index in [0.717, 1.165) is 31.6 Å². The third kappa shape index (κ3) is 2.37. The number of benzene rings is 1. The van der Waals surface area contributed by atoms with Gasteiger partial charge in [0.05, 0.1) is 7.11 Å². The molecule has 0 heterocycles. The van der Waals surface area contributed by atoms with E-state index in [2.05, 4.69) is 6.92 Å². The van der Waals surface area contributed by atoms with E-state index < -0.39 is 5.54 Å². The van der Waals surface area contributed by atoms with Crippen LogP contribution in [0, 0.1) is 11.7 Å². The maximum Gasteiger partial charge on any atom is 0.170 e. The Morgan fingerprint density at radius 3 is 2.61 bits per heavy atom. The predicted molar refractivity (Wildman–Crippen MR) is 71.1 cm³/mol. The molecule has 0 aliphatic heterocycles. The fourth-order valence-electron chi connectivity index (χ4n) is 2.92. The lowest BCUT2D eigenvalue weighted by Crippen LogP contribution is -2.41. The second-order valence-corrected chi connectivity index (χ2v) is 5.33. The van der Waals surface area contributed by atoms with E-state index in [4.69, 9.17) is 10.5 Å². The van der Waals surface area contributed by atoms with Crippen LogP contribution in [0.25, 0.3) is 0 Å². The summed E-state index contributed by atoms with van der Waals surface area (Å²) >= 11 is 0. The molecule has 1 aromatic rings. The second kappa shape index (κ2) is 5.27. The molecule has 100 valence electrons. The van der Waals surface area contributed by atoms with Crippen molar-refractivity contribution in [3.63, 3.8) is 0 Å². The summed E-state index contributed by atoms with van der Waals surface area (Å²) in [5, 5.41) is 0. The van der Waals surface area contributed by atoms with Crippen molar-refractivity contribution in [1.29, 1.82) is 0 Å². The lowest BCUT2D eigenvalue weighted by molar-refractivity contribution is 0.225. The third-order valence-electron chi connectivity index (χ3n) is 4.29. The zero-order valence-electron chi connectivity index (χ0n) is 11.2. The van der Waals surface area contributed by atoms with Crippen LogP contribution in [0.3, 0.4) is 0 Å². The molecule has 2 rings (SSSR count). The van der Waals surface area contributed by atoms with Gasteiger partial charge >= 0.3 is 0 Å². The van der Waals surface area contributed by atoms with Gasteiger partial charge in [-0.05, 0) is 37.7 Å². The smallest absolute Gasteiger partial charge is 0.170 e. The van der Waals surface area contributed by atoms with Gasteiger partial charge in [-0.3, -0.25) is 0 Å². The molecule has 0 radical (unpaired) electrons. The van der Waals surface area contributed by atoms with Gasteiger partial charge in [0, 0.05) is 11.1 Å². The molecule has 1 aromatic carbocycles. The molecular weight excluding hydrogens is 229 g/mol. The highest BCUT2D eigenvalue weighted by atomic mass is 19.1. The van der Waals surface area contributed by atoms with Crippen LogP contribution in [0.5, 0.6) is 5.75 Å². The van der Waals surface area contributed by atoms with Crippen LogP contribution < -0.4 is 10.5 Å². The molecule has 0 unspecified atom stereocenters. The maximum absolute atomic E-state index is 14.3. The van der Waals surface area contributed by atoms with Crippen LogP contribution in [-0.4, -0.2) is 7.11 Å². The zero-order chi connectivity index (χ0) is 13.2. The van der Waals surface area contributed by atoms with E-state index >= 15 is 0 Å². The van der Waals surface area contributed by atoms with Gasteiger partial charge in [0.1, 0.15) is 0 Å². The molecule has 1 saturated carbocycles. The molecule has 2 nitrogen and oxygen atoms in total. The Bertz CT molecular complexity index is 411. The molecule has 1 aliphatic carbocycles. The summed E-state index contributed by atoms with van der Waals surface area (Å²) in [7, 11) is 1.49. The minimum Gasteiger partial charge on any atom is -0.494 e. The van der Waals surface area contributed by atoms with Crippen molar-refractivity contribution in [2.45, 2.75) is 44.6 Å². The number of halogens is 1. The number of methoxy groups -OCH3 is 1. The highest BCUT2D eigenvalue weighted by Gasteiger charge is 2.35. The molecule has 0 amide bonds. The third-order valence-corrected chi connectivity index (χ3v) is 4.29. The van der Waals surface area contributed by atoms with Crippen molar-refractivity contribution in [3.8, 4) is 5.75 Å². The molecule has 3 heteroatoms. The van der Waals surface area contributed by atoms with Crippen LogP contribution in [-0.2, 0) is 5.54 Å². The van der Waals surface area contributed by atoms with Crippen LogP contribution in [0.4, 0.5) is 4.39 Å². The van der Waals surface area contributed by atoms with Crippen LogP contribution in [0.1, 0.15) is 44.6 Å². The first-order chi connectivity index (χ1) is 8.60. The van der Waals surface area contributed by atoms with Crippen molar-refractivity contribution in [2.24, 2.45) is 11.7 Å². The van der Waals surface area contributed by atoms with Crippen LogP contribution >= 0.6 is 0 Å². The Labute approximate surface area is 108 Å². The van der Waals surface area contributed by atoms with Crippen molar-refractivity contribution < 1.29 is 9.13 Å². The fourth-order valence-corrected chi connectivity index (χ4v) is 2.92. The summed E-state index contributed by atoms with van der Waals surface area (Å²) in [4.78, 5) is 0. The molecule has 18 heavy (non-hydrogen) atoms. The minimum atomic E-state index is -0.524. The van der Waals surface area contributed by atoms with E-state index in [9.17, 15) is 4.39 Å². The van der Waals surface area contributed by atoms with Gasteiger partial charge in [-0.25, -0.2) is 4.39 Å². The molecule has 0 spiro atoms. The SMILES string of the molecule is CCC1CCC(N)(c2cccc(OC)c2F)CC1. The number of nitrogens with two attached hydrogens (primary N) is 1. The fraction of sp³-hybridized carbons (Fsp3) is 0.600. The first-order valence-corrected chi connectivity index (χ1v) is 6.72. The summed E-state index contributed by atoms with van der Waals surface area (Å²) in [6.45, 7) is 2.21. The summed E-state index contributed by atoms with van der Waals surface area (Å²) < 4.78 is 19.3. The quantitative estimate of drug-likeness (QED) is 0.891. The first kappa shape index (κ1) is 13.3. The molecule has 0 aromatic heterocycles. The topological polar surface area (TPSA) is 35.2 Å². The van der Waals surface area contributed by atoms with E-state index in [1.54, 1.807) is 12.1 Å². The van der Waals surface area contributed by atoms with Gasteiger partial charge in [0.2, 0.25) is 0 Å². The minimum absolute atomic E-state index is 0.287. The second-order valence-electron chi connectivity index (χ2n) is 5.33. The van der Waals surface area contributed by atoms with Gasteiger partial charge < -0.3 is 10.5 Å². The van der Waals surface area contributed by atoms with Gasteiger partial charge in [-0.15, -0.1) is 0 Å². The zero-order valence-corrected chi connectivity index (χ0v) is 11.2. The lowest BCUT2D eigenvalue weighted by Gasteiger charge is -2.37. The highest BCUT2D eigenvalue weighted by Crippen LogP contribution is 2.40. The molecule has 2 N–H and O–H groups in total. The van der Waals surface area contributed by atoms with E-state index in [0.29, 0.717) is 5.56 Å². The van der Waals surface area contributed by atoms with Crippen LogP contribution in [0.2, 0.25) is 0 Å².